The van der Waals surface area contributed by atoms with Gasteiger partial charge in [-0.05, 0) is 24.3 Å². The molecule has 1 aliphatic rings. The van der Waals surface area contributed by atoms with Crippen molar-refractivity contribution in [1.29, 1.82) is 0 Å². The van der Waals surface area contributed by atoms with Crippen LogP contribution in [0.15, 0.2) is 60.2 Å². The third-order valence-corrected chi connectivity index (χ3v) is 4.33. The van der Waals surface area contributed by atoms with E-state index in [0.717, 1.165) is 22.2 Å². The molecule has 0 saturated carbocycles. The number of carbonyl (C=O) groups excluding carboxylic acids is 1. The topological polar surface area (TPSA) is 48.4 Å². The Hall–Kier alpha value is -2.85. The molecule has 0 bridgehead atoms. The highest BCUT2D eigenvalue weighted by Crippen LogP contribution is 2.27. The minimum atomic E-state index is -0.418. The molecule has 0 amide bonds. The zero-order valence-electron chi connectivity index (χ0n) is 13.2. The molecular formula is C20H14ClNO3. The summed E-state index contributed by atoms with van der Waals surface area (Å²) in [7, 11) is 0. The first kappa shape index (κ1) is 15.7. The Balaban J connectivity index is 1.51. The quantitative estimate of drug-likeness (QED) is 0.518. The summed E-state index contributed by atoms with van der Waals surface area (Å²) in [6, 6.07) is 17.1. The number of hydrogen-bond acceptors (Lipinski definition) is 4. The van der Waals surface area contributed by atoms with Crippen molar-refractivity contribution >= 4 is 34.5 Å². The molecule has 0 fully saturated rings. The average Bonchev–Trinajstić information content (AvgIpc) is 2.65. The summed E-state index contributed by atoms with van der Waals surface area (Å²) in [5.74, 6) is 0.347. The number of aromatic nitrogens is 1. The molecule has 0 spiro atoms. The van der Waals surface area contributed by atoms with Gasteiger partial charge >= 0.3 is 5.97 Å². The molecule has 1 aliphatic heterocycles. The first-order valence-electron chi connectivity index (χ1n) is 7.84. The number of nitrogens with zero attached hydrogens (tertiary/aromatic N) is 1. The van der Waals surface area contributed by atoms with Crippen LogP contribution in [0, 0.1) is 0 Å². The summed E-state index contributed by atoms with van der Waals surface area (Å²) in [6.07, 6.45) is 1.79. The van der Waals surface area contributed by atoms with Gasteiger partial charge in [-0.1, -0.05) is 48.0 Å². The number of para-hydroxylation sites is 2. The Morgan fingerprint density at radius 1 is 1.16 bits per heavy atom. The van der Waals surface area contributed by atoms with Crippen molar-refractivity contribution in [2.75, 3.05) is 6.61 Å². The number of hydrogen-bond donors (Lipinski definition) is 0. The van der Waals surface area contributed by atoms with Crippen LogP contribution < -0.4 is 4.74 Å². The summed E-state index contributed by atoms with van der Waals surface area (Å²) >= 11 is 6.20. The van der Waals surface area contributed by atoms with Gasteiger partial charge in [-0.2, -0.15) is 0 Å². The molecular weight excluding hydrogens is 338 g/mol. The summed E-state index contributed by atoms with van der Waals surface area (Å²) in [5.41, 5.74) is 2.82. The first-order chi connectivity index (χ1) is 12.2. The van der Waals surface area contributed by atoms with Gasteiger partial charge in [0.15, 0.2) is 0 Å². The van der Waals surface area contributed by atoms with Crippen LogP contribution in [0.4, 0.5) is 0 Å². The van der Waals surface area contributed by atoms with Gasteiger partial charge in [-0.25, -0.2) is 9.78 Å². The Kier molecular flexibility index (Phi) is 4.12. The second kappa shape index (κ2) is 6.57. The summed E-state index contributed by atoms with van der Waals surface area (Å²) < 4.78 is 11.0. The van der Waals surface area contributed by atoms with Crippen LogP contribution in [0.5, 0.6) is 5.75 Å². The van der Waals surface area contributed by atoms with Gasteiger partial charge < -0.3 is 9.47 Å². The number of fused-ring (bicyclic) bond motifs is 2. The molecule has 0 unspecified atom stereocenters. The molecule has 4 rings (SSSR count). The summed E-state index contributed by atoms with van der Waals surface area (Å²) in [4.78, 5) is 16.7. The number of esters is 1. The predicted molar refractivity (Wildman–Crippen MR) is 96.5 cm³/mol. The number of rotatable bonds is 3. The fraction of sp³-hybridized carbons (Fsp3) is 0.100. The summed E-state index contributed by atoms with van der Waals surface area (Å²) in [6.45, 7) is 0.258. The fourth-order valence-corrected chi connectivity index (χ4v) is 2.91. The van der Waals surface area contributed by atoms with Gasteiger partial charge in [0.25, 0.3) is 0 Å². The maximum absolute atomic E-state index is 12.3. The number of carbonyl (C=O) groups is 1. The molecule has 0 N–H and O–H groups in total. The highest BCUT2D eigenvalue weighted by atomic mass is 35.5. The average molecular weight is 352 g/mol. The van der Waals surface area contributed by atoms with Crippen LogP contribution in [0.1, 0.15) is 11.1 Å². The maximum atomic E-state index is 12.3. The smallest absolute Gasteiger partial charge is 0.337 e. The maximum Gasteiger partial charge on any atom is 0.337 e. The van der Waals surface area contributed by atoms with E-state index in [2.05, 4.69) is 4.98 Å². The van der Waals surface area contributed by atoms with Crippen molar-refractivity contribution in [1.82, 2.24) is 4.98 Å². The van der Waals surface area contributed by atoms with Crippen molar-refractivity contribution in [2.24, 2.45) is 0 Å². The van der Waals surface area contributed by atoms with E-state index in [1.165, 1.54) is 0 Å². The lowest BCUT2D eigenvalue weighted by Gasteiger charge is -2.17. The second-order valence-corrected chi connectivity index (χ2v) is 6.06. The van der Waals surface area contributed by atoms with E-state index >= 15 is 0 Å². The van der Waals surface area contributed by atoms with Crippen LogP contribution >= 0.6 is 11.6 Å². The van der Waals surface area contributed by atoms with Gasteiger partial charge in [0.2, 0.25) is 0 Å². The first-order valence-corrected chi connectivity index (χ1v) is 8.22. The van der Waals surface area contributed by atoms with Gasteiger partial charge in [-0.15, -0.1) is 0 Å². The van der Waals surface area contributed by atoms with Crippen molar-refractivity contribution in [3.05, 3.63) is 76.5 Å². The third kappa shape index (κ3) is 3.21. The Morgan fingerprint density at radius 2 is 1.96 bits per heavy atom. The number of ether oxygens (including phenoxy) is 2. The molecule has 2 aromatic carbocycles. The lowest BCUT2D eigenvalue weighted by molar-refractivity contribution is -0.140. The zero-order chi connectivity index (χ0) is 17.2. The molecule has 25 heavy (non-hydrogen) atoms. The number of benzene rings is 2. The zero-order valence-corrected chi connectivity index (χ0v) is 14.0. The lowest BCUT2D eigenvalue weighted by atomic mass is 10.1. The van der Waals surface area contributed by atoms with Gasteiger partial charge in [0.05, 0.1) is 11.1 Å². The Labute approximate surface area is 149 Å². The van der Waals surface area contributed by atoms with Crippen LogP contribution in [-0.2, 0) is 16.1 Å². The molecule has 0 aliphatic carbocycles. The minimum absolute atomic E-state index is 0.0640. The van der Waals surface area contributed by atoms with E-state index in [0.29, 0.717) is 16.3 Å². The van der Waals surface area contributed by atoms with E-state index in [1.54, 1.807) is 6.08 Å². The third-order valence-electron chi connectivity index (χ3n) is 4.00. The monoisotopic (exact) mass is 351 g/mol. The van der Waals surface area contributed by atoms with Crippen LogP contribution in [0.3, 0.4) is 0 Å². The van der Waals surface area contributed by atoms with Gasteiger partial charge in [0.1, 0.15) is 24.1 Å². The van der Waals surface area contributed by atoms with E-state index in [9.17, 15) is 4.79 Å². The Bertz CT molecular complexity index is 997. The molecule has 0 atom stereocenters. The molecule has 0 saturated heterocycles. The van der Waals surface area contributed by atoms with Crippen molar-refractivity contribution in [2.45, 2.75) is 6.61 Å². The molecule has 1 aromatic heterocycles. The normalized spacial score (nSPS) is 12.9. The second-order valence-electron chi connectivity index (χ2n) is 5.70. The fourth-order valence-electron chi connectivity index (χ4n) is 2.71. The van der Waals surface area contributed by atoms with Crippen LogP contribution in [0.25, 0.3) is 17.0 Å². The lowest BCUT2D eigenvalue weighted by Crippen LogP contribution is -2.17. The van der Waals surface area contributed by atoms with Crippen molar-refractivity contribution < 1.29 is 14.3 Å². The van der Waals surface area contributed by atoms with E-state index in [1.807, 2.05) is 54.6 Å². The predicted octanol–water partition coefficient (Wildman–Crippen LogP) is 4.41. The molecule has 2 heterocycles. The molecule has 0 radical (unpaired) electrons. The highest BCUT2D eigenvalue weighted by Gasteiger charge is 2.18. The van der Waals surface area contributed by atoms with E-state index in [4.69, 9.17) is 21.1 Å². The van der Waals surface area contributed by atoms with Crippen molar-refractivity contribution in [3.8, 4) is 5.75 Å². The standard InChI is InChI=1S/C20H14ClNO3/c21-19-15(9-13-5-1-3-7-17(13)22-19)11-25-20(23)16-10-14-6-2-4-8-18(14)24-12-16/h1-10H,11-12H2. The Morgan fingerprint density at radius 3 is 2.88 bits per heavy atom. The van der Waals surface area contributed by atoms with Crippen molar-refractivity contribution in [3.63, 3.8) is 0 Å². The van der Waals surface area contributed by atoms with Gasteiger partial charge in [0, 0.05) is 16.5 Å². The van der Waals surface area contributed by atoms with E-state index in [-0.39, 0.29) is 13.2 Å². The van der Waals surface area contributed by atoms with E-state index < -0.39 is 5.97 Å². The van der Waals surface area contributed by atoms with Gasteiger partial charge in [-0.3, -0.25) is 0 Å². The molecule has 3 aromatic rings. The minimum Gasteiger partial charge on any atom is -0.488 e. The largest absolute Gasteiger partial charge is 0.488 e. The highest BCUT2D eigenvalue weighted by molar-refractivity contribution is 6.30. The van der Waals surface area contributed by atoms with Crippen LogP contribution in [-0.4, -0.2) is 17.6 Å². The molecule has 4 nitrogen and oxygen atoms in total. The molecule has 124 valence electrons. The molecule has 5 heteroatoms. The summed E-state index contributed by atoms with van der Waals surface area (Å²) in [5, 5.41) is 1.29. The SMILES string of the molecule is O=C(OCc1cc2ccccc2nc1Cl)C1=Cc2ccccc2OC1. The van der Waals surface area contributed by atoms with Crippen LogP contribution in [0.2, 0.25) is 5.15 Å². The number of halogens is 1. The number of pyridine rings is 1.